The van der Waals surface area contributed by atoms with Gasteiger partial charge >= 0.3 is 0 Å². The minimum atomic E-state index is -0.113. The van der Waals surface area contributed by atoms with Gasteiger partial charge in [-0.15, -0.1) is 0 Å². The minimum absolute atomic E-state index is 0.000343. The van der Waals surface area contributed by atoms with Crippen LogP contribution in [0.4, 0.5) is 0 Å². The monoisotopic (exact) mass is 247 g/mol. The molecule has 0 fully saturated rings. The number of hydrogen-bond acceptors (Lipinski definition) is 2. The highest BCUT2D eigenvalue weighted by Crippen LogP contribution is 2.14. The fraction of sp³-hybridized carbons (Fsp3) is 0.400. The van der Waals surface area contributed by atoms with Crippen molar-refractivity contribution in [3.05, 3.63) is 47.5 Å². The largest absolute Gasteiger partial charge is 0.392 e. The Balaban J connectivity index is 2.55. The first-order valence-corrected chi connectivity index (χ1v) is 6.07. The molecule has 1 aromatic rings. The lowest BCUT2D eigenvalue weighted by molar-refractivity contribution is -0.116. The number of benzene rings is 1. The Hall–Kier alpha value is -1.61. The Labute approximate surface area is 109 Å². The molecule has 0 saturated carbocycles. The number of amides is 1. The standard InChI is InChI=1S/C15H21NO2/c1-15(2,3)9-8-14(18)16-10-12-6-4-5-7-13(12)11-17/h4-9,17H,10-11H2,1-3H3,(H,16,18)/b9-8+. The van der Waals surface area contributed by atoms with Crippen molar-refractivity contribution in [2.24, 2.45) is 5.41 Å². The zero-order chi connectivity index (χ0) is 13.6. The van der Waals surface area contributed by atoms with Gasteiger partial charge in [-0.3, -0.25) is 4.79 Å². The van der Waals surface area contributed by atoms with Crippen LogP contribution in [0.2, 0.25) is 0 Å². The topological polar surface area (TPSA) is 49.3 Å². The van der Waals surface area contributed by atoms with Crippen LogP contribution in [0.15, 0.2) is 36.4 Å². The number of rotatable bonds is 4. The molecule has 0 spiro atoms. The molecule has 0 radical (unpaired) electrons. The van der Waals surface area contributed by atoms with Crippen molar-refractivity contribution in [1.82, 2.24) is 5.32 Å². The van der Waals surface area contributed by atoms with Gasteiger partial charge in [0.25, 0.3) is 0 Å². The van der Waals surface area contributed by atoms with Gasteiger partial charge in [-0.2, -0.15) is 0 Å². The van der Waals surface area contributed by atoms with Crippen LogP contribution in [-0.2, 0) is 17.9 Å². The molecule has 0 aliphatic heterocycles. The first-order chi connectivity index (χ1) is 8.42. The van der Waals surface area contributed by atoms with E-state index in [4.69, 9.17) is 5.11 Å². The molecule has 0 saturated heterocycles. The molecule has 0 heterocycles. The summed E-state index contributed by atoms with van der Waals surface area (Å²) in [7, 11) is 0. The normalized spacial score (nSPS) is 11.8. The molecule has 3 heteroatoms. The van der Waals surface area contributed by atoms with E-state index < -0.39 is 0 Å². The molecule has 0 unspecified atom stereocenters. The Morgan fingerprint density at radius 2 is 1.89 bits per heavy atom. The lowest BCUT2D eigenvalue weighted by atomic mass is 9.96. The number of carbonyl (C=O) groups excluding carboxylic acids is 1. The molecule has 0 aliphatic carbocycles. The van der Waals surface area contributed by atoms with Crippen LogP contribution in [0.3, 0.4) is 0 Å². The predicted octanol–water partition coefficient (Wildman–Crippen LogP) is 2.40. The van der Waals surface area contributed by atoms with Crippen molar-refractivity contribution in [2.75, 3.05) is 0 Å². The summed E-state index contributed by atoms with van der Waals surface area (Å²) in [5.74, 6) is -0.113. The third kappa shape index (κ3) is 5.15. The second-order valence-corrected chi connectivity index (χ2v) is 5.34. The van der Waals surface area contributed by atoms with E-state index in [1.807, 2.05) is 51.1 Å². The molecule has 0 atom stereocenters. The molecule has 2 N–H and O–H groups in total. The van der Waals surface area contributed by atoms with Crippen LogP contribution in [0.1, 0.15) is 31.9 Å². The van der Waals surface area contributed by atoms with Crippen molar-refractivity contribution >= 4 is 5.91 Å². The van der Waals surface area contributed by atoms with Gasteiger partial charge in [0, 0.05) is 6.54 Å². The predicted molar refractivity (Wildman–Crippen MR) is 72.8 cm³/mol. The highest BCUT2D eigenvalue weighted by atomic mass is 16.3. The smallest absolute Gasteiger partial charge is 0.243 e. The van der Waals surface area contributed by atoms with E-state index in [0.29, 0.717) is 6.54 Å². The number of aliphatic hydroxyl groups is 1. The molecular weight excluding hydrogens is 226 g/mol. The second-order valence-electron chi connectivity index (χ2n) is 5.34. The van der Waals surface area contributed by atoms with Crippen LogP contribution < -0.4 is 5.32 Å². The van der Waals surface area contributed by atoms with Gasteiger partial charge < -0.3 is 10.4 Å². The first kappa shape index (κ1) is 14.5. The summed E-state index contributed by atoms with van der Waals surface area (Å²) in [5.41, 5.74) is 1.79. The summed E-state index contributed by atoms with van der Waals surface area (Å²) >= 11 is 0. The maximum absolute atomic E-state index is 11.6. The molecule has 18 heavy (non-hydrogen) atoms. The highest BCUT2D eigenvalue weighted by Gasteiger charge is 2.06. The van der Waals surface area contributed by atoms with Crippen molar-refractivity contribution in [3.63, 3.8) is 0 Å². The molecule has 98 valence electrons. The minimum Gasteiger partial charge on any atom is -0.392 e. The van der Waals surface area contributed by atoms with E-state index in [1.165, 1.54) is 0 Å². The molecule has 1 amide bonds. The summed E-state index contributed by atoms with van der Waals surface area (Å²) < 4.78 is 0. The Bertz CT molecular complexity index is 430. The Morgan fingerprint density at radius 3 is 2.44 bits per heavy atom. The van der Waals surface area contributed by atoms with E-state index in [2.05, 4.69) is 5.32 Å². The lowest BCUT2D eigenvalue weighted by Gasteiger charge is -2.11. The van der Waals surface area contributed by atoms with Crippen molar-refractivity contribution < 1.29 is 9.90 Å². The van der Waals surface area contributed by atoms with Crippen LogP contribution in [0.5, 0.6) is 0 Å². The van der Waals surface area contributed by atoms with Gasteiger partial charge in [0.15, 0.2) is 0 Å². The first-order valence-electron chi connectivity index (χ1n) is 6.07. The maximum atomic E-state index is 11.6. The SMILES string of the molecule is CC(C)(C)/C=C/C(=O)NCc1ccccc1CO. The molecular formula is C15H21NO2. The quantitative estimate of drug-likeness (QED) is 0.803. The van der Waals surface area contributed by atoms with Gasteiger partial charge in [0.2, 0.25) is 5.91 Å². The number of carbonyl (C=O) groups is 1. The third-order valence-electron chi connectivity index (χ3n) is 2.48. The zero-order valence-electron chi connectivity index (χ0n) is 11.2. The molecule has 1 rings (SSSR count). The third-order valence-corrected chi connectivity index (χ3v) is 2.48. The molecule has 0 bridgehead atoms. The highest BCUT2D eigenvalue weighted by molar-refractivity contribution is 5.87. The van der Waals surface area contributed by atoms with Gasteiger partial charge in [-0.1, -0.05) is 51.1 Å². The summed E-state index contributed by atoms with van der Waals surface area (Å²) in [6.45, 7) is 6.54. The van der Waals surface area contributed by atoms with Crippen LogP contribution in [0, 0.1) is 5.41 Å². The number of allylic oxidation sites excluding steroid dienone is 1. The van der Waals surface area contributed by atoms with E-state index in [-0.39, 0.29) is 17.9 Å². The molecule has 0 aliphatic rings. The average molecular weight is 247 g/mol. The van der Waals surface area contributed by atoms with E-state index in [1.54, 1.807) is 6.08 Å². The Morgan fingerprint density at radius 1 is 1.28 bits per heavy atom. The van der Waals surface area contributed by atoms with Crippen molar-refractivity contribution in [3.8, 4) is 0 Å². The number of aliphatic hydroxyl groups excluding tert-OH is 1. The average Bonchev–Trinajstić information content (AvgIpc) is 2.33. The summed E-state index contributed by atoms with van der Waals surface area (Å²) in [4.78, 5) is 11.6. The fourth-order valence-electron chi connectivity index (χ4n) is 1.45. The summed E-state index contributed by atoms with van der Waals surface area (Å²) in [6, 6.07) is 7.52. The molecule has 0 aromatic heterocycles. The lowest BCUT2D eigenvalue weighted by Crippen LogP contribution is -2.21. The maximum Gasteiger partial charge on any atom is 0.243 e. The van der Waals surface area contributed by atoms with Crippen LogP contribution >= 0.6 is 0 Å². The van der Waals surface area contributed by atoms with Gasteiger partial charge in [-0.25, -0.2) is 0 Å². The zero-order valence-corrected chi connectivity index (χ0v) is 11.2. The van der Waals surface area contributed by atoms with E-state index >= 15 is 0 Å². The summed E-state index contributed by atoms with van der Waals surface area (Å²) in [5, 5.41) is 12.0. The van der Waals surface area contributed by atoms with E-state index in [0.717, 1.165) is 11.1 Å². The fourth-order valence-corrected chi connectivity index (χ4v) is 1.45. The van der Waals surface area contributed by atoms with Crippen LogP contribution in [0.25, 0.3) is 0 Å². The summed E-state index contributed by atoms with van der Waals surface area (Å²) in [6.07, 6.45) is 3.43. The van der Waals surface area contributed by atoms with Crippen molar-refractivity contribution in [2.45, 2.75) is 33.9 Å². The van der Waals surface area contributed by atoms with Gasteiger partial charge in [0.05, 0.1) is 6.61 Å². The van der Waals surface area contributed by atoms with Crippen molar-refractivity contribution in [1.29, 1.82) is 0 Å². The number of nitrogens with one attached hydrogen (secondary N) is 1. The molecule has 1 aromatic carbocycles. The Kier molecular flexibility index (Phi) is 5.10. The number of hydrogen-bond donors (Lipinski definition) is 2. The van der Waals surface area contributed by atoms with Gasteiger partial charge in [-0.05, 0) is 22.6 Å². The van der Waals surface area contributed by atoms with Crippen LogP contribution in [-0.4, -0.2) is 11.0 Å². The second kappa shape index (κ2) is 6.36. The molecule has 3 nitrogen and oxygen atoms in total. The van der Waals surface area contributed by atoms with Gasteiger partial charge in [0.1, 0.15) is 0 Å². The van der Waals surface area contributed by atoms with E-state index in [9.17, 15) is 4.79 Å².